The van der Waals surface area contributed by atoms with Crippen molar-refractivity contribution < 1.29 is 5.11 Å². The Morgan fingerprint density at radius 1 is 1.29 bits per heavy atom. The molecule has 0 unspecified atom stereocenters. The zero-order chi connectivity index (χ0) is 12.6. The lowest BCUT2D eigenvalue weighted by Gasteiger charge is -2.18. The van der Waals surface area contributed by atoms with Gasteiger partial charge in [0, 0.05) is 17.7 Å². The van der Waals surface area contributed by atoms with Crippen LogP contribution in [-0.4, -0.2) is 21.3 Å². The van der Waals surface area contributed by atoms with Gasteiger partial charge in [-0.2, -0.15) is 0 Å². The van der Waals surface area contributed by atoms with Crippen LogP contribution < -0.4 is 0 Å². The van der Waals surface area contributed by atoms with Crippen molar-refractivity contribution >= 4 is 0 Å². The van der Waals surface area contributed by atoms with Crippen LogP contribution >= 0.6 is 0 Å². The lowest BCUT2D eigenvalue weighted by atomic mass is 10.0. The standard InChI is InChI=1S/C14H24N2O/c1-10(2)12-13(11(3)4)16(9-15-12)7-14(8-17)5-6-14/h9-11,17H,5-8H2,1-4H3. The minimum atomic E-state index is 0.151. The van der Waals surface area contributed by atoms with E-state index in [0.717, 1.165) is 19.4 Å². The van der Waals surface area contributed by atoms with E-state index in [-0.39, 0.29) is 5.41 Å². The van der Waals surface area contributed by atoms with Gasteiger partial charge in [-0.3, -0.25) is 0 Å². The molecule has 96 valence electrons. The molecular weight excluding hydrogens is 212 g/mol. The first-order valence-corrected chi connectivity index (χ1v) is 6.65. The highest BCUT2D eigenvalue weighted by atomic mass is 16.3. The summed E-state index contributed by atoms with van der Waals surface area (Å²) in [5.41, 5.74) is 2.71. The van der Waals surface area contributed by atoms with Gasteiger partial charge in [-0.1, -0.05) is 27.7 Å². The summed E-state index contributed by atoms with van der Waals surface area (Å²) in [7, 11) is 0. The zero-order valence-electron chi connectivity index (χ0n) is 11.4. The van der Waals surface area contributed by atoms with Gasteiger partial charge in [0.05, 0.1) is 18.6 Å². The molecule has 0 bridgehead atoms. The van der Waals surface area contributed by atoms with Gasteiger partial charge in [0.15, 0.2) is 0 Å². The van der Waals surface area contributed by atoms with Gasteiger partial charge in [-0.15, -0.1) is 0 Å². The zero-order valence-corrected chi connectivity index (χ0v) is 11.4. The van der Waals surface area contributed by atoms with Crippen LogP contribution in [0.25, 0.3) is 0 Å². The van der Waals surface area contributed by atoms with E-state index >= 15 is 0 Å². The van der Waals surface area contributed by atoms with E-state index in [1.54, 1.807) is 0 Å². The lowest BCUT2D eigenvalue weighted by molar-refractivity contribution is 0.193. The van der Waals surface area contributed by atoms with Gasteiger partial charge in [0.25, 0.3) is 0 Å². The van der Waals surface area contributed by atoms with Crippen LogP contribution in [0.4, 0.5) is 0 Å². The predicted molar refractivity (Wildman–Crippen MR) is 69.2 cm³/mol. The van der Waals surface area contributed by atoms with Crippen LogP contribution in [0.2, 0.25) is 0 Å². The Morgan fingerprint density at radius 3 is 2.35 bits per heavy atom. The maximum atomic E-state index is 9.43. The summed E-state index contributed by atoms with van der Waals surface area (Å²) >= 11 is 0. The maximum Gasteiger partial charge on any atom is 0.0952 e. The molecule has 3 heteroatoms. The van der Waals surface area contributed by atoms with E-state index in [4.69, 9.17) is 0 Å². The second-order valence-electron chi connectivity index (χ2n) is 6.11. The summed E-state index contributed by atoms with van der Waals surface area (Å²) in [6.07, 6.45) is 4.26. The lowest BCUT2D eigenvalue weighted by Crippen LogP contribution is -2.17. The average Bonchev–Trinajstić information content (AvgIpc) is 2.89. The molecule has 1 aromatic heterocycles. The molecule has 3 nitrogen and oxygen atoms in total. The summed E-state index contributed by atoms with van der Waals surface area (Å²) in [6, 6.07) is 0. The molecule has 1 aliphatic carbocycles. The summed E-state index contributed by atoms with van der Waals surface area (Å²) in [5.74, 6) is 0.960. The van der Waals surface area contributed by atoms with Gasteiger partial charge in [0.1, 0.15) is 0 Å². The van der Waals surface area contributed by atoms with Crippen molar-refractivity contribution in [3.63, 3.8) is 0 Å². The first-order valence-electron chi connectivity index (χ1n) is 6.65. The molecule has 1 aromatic rings. The number of hydrogen-bond acceptors (Lipinski definition) is 2. The number of aliphatic hydroxyl groups is 1. The van der Waals surface area contributed by atoms with E-state index in [9.17, 15) is 5.11 Å². The molecule has 1 N–H and O–H groups in total. The number of aromatic nitrogens is 2. The molecule has 0 amide bonds. The minimum absolute atomic E-state index is 0.151. The third-order valence-corrected chi connectivity index (χ3v) is 3.80. The van der Waals surface area contributed by atoms with Crippen molar-refractivity contribution in [3.05, 3.63) is 17.7 Å². The Balaban J connectivity index is 2.28. The van der Waals surface area contributed by atoms with Gasteiger partial charge < -0.3 is 9.67 Å². The van der Waals surface area contributed by atoms with Crippen molar-refractivity contribution in [2.75, 3.05) is 6.61 Å². The molecule has 0 radical (unpaired) electrons. The SMILES string of the molecule is CC(C)c1ncn(CC2(CO)CC2)c1C(C)C. The number of rotatable bonds is 5. The molecule has 17 heavy (non-hydrogen) atoms. The van der Waals surface area contributed by atoms with E-state index in [2.05, 4.69) is 37.2 Å². The highest BCUT2D eigenvalue weighted by molar-refractivity contribution is 5.20. The highest BCUT2D eigenvalue weighted by Gasteiger charge is 2.42. The maximum absolute atomic E-state index is 9.43. The molecule has 2 rings (SSSR count). The summed E-state index contributed by atoms with van der Waals surface area (Å²) in [6.45, 7) is 10.1. The van der Waals surface area contributed by atoms with E-state index in [0.29, 0.717) is 18.4 Å². The molecule has 1 fully saturated rings. The fourth-order valence-electron chi connectivity index (χ4n) is 2.51. The first kappa shape index (κ1) is 12.6. The number of aliphatic hydroxyl groups excluding tert-OH is 1. The largest absolute Gasteiger partial charge is 0.396 e. The summed E-state index contributed by atoms with van der Waals surface area (Å²) < 4.78 is 2.27. The first-order chi connectivity index (χ1) is 7.99. The van der Waals surface area contributed by atoms with E-state index in [1.807, 2.05) is 6.33 Å². The Morgan fingerprint density at radius 2 is 1.94 bits per heavy atom. The van der Waals surface area contributed by atoms with Gasteiger partial charge in [-0.25, -0.2) is 4.98 Å². The van der Waals surface area contributed by atoms with Crippen molar-refractivity contribution in [1.82, 2.24) is 9.55 Å². The molecule has 0 aliphatic heterocycles. The van der Waals surface area contributed by atoms with Crippen LogP contribution in [0.3, 0.4) is 0 Å². The van der Waals surface area contributed by atoms with Crippen molar-refractivity contribution in [2.24, 2.45) is 5.41 Å². The second-order valence-corrected chi connectivity index (χ2v) is 6.11. The fraction of sp³-hybridized carbons (Fsp3) is 0.786. The average molecular weight is 236 g/mol. The highest BCUT2D eigenvalue weighted by Crippen LogP contribution is 2.47. The summed E-state index contributed by atoms with van der Waals surface area (Å²) in [4.78, 5) is 4.56. The molecule has 0 aromatic carbocycles. The molecule has 1 heterocycles. The topological polar surface area (TPSA) is 38.0 Å². The van der Waals surface area contributed by atoms with Crippen molar-refractivity contribution in [3.8, 4) is 0 Å². The molecule has 0 saturated heterocycles. The minimum Gasteiger partial charge on any atom is -0.396 e. The smallest absolute Gasteiger partial charge is 0.0952 e. The third-order valence-electron chi connectivity index (χ3n) is 3.80. The third kappa shape index (κ3) is 2.39. The van der Waals surface area contributed by atoms with E-state index in [1.165, 1.54) is 11.4 Å². The Hall–Kier alpha value is -0.830. The van der Waals surface area contributed by atoms with Crippen molar-refractivity contribution in [1.29, 1.82) is 0 Å². The predicted octanol–water partition coefficient (Wildman–Crippen LogP) is 2.90. The Kier molecular flexibility index (Phi) is 3.30. The van der Waals surface area contributed by atoms with Crippen LogP contribution in [0.15, 0.2) is 6.33 Å². The molecule has 0 atom stereocenters. The van der Waals surface area contributed by atoms with Gasteiger partial charge in [0.2, 0.25) is 0 Å². The molecule has 1 saturated carbocycles. The molecular formula is C14H24N2O. The summed E-state index contributed by atoms with van der Waals surface area (Å²) in [5, 5.41) is 9.43. The number of hydrogen-bond donors (Lipinski definition) is 1. The van der Waals surface area contributed by atoms with Gasteiger partial charge in [-0.05, 0) is 24.7 Å². The van der Waals surface area contributed by atoms with Gasteiger partial charge >= 0.3 is 0 Å². The molecule has 1 aliphatic rings. The fourth-order valence-corrected chi connectivity index (χ4v) is 2.51. The van der Waals surface area contributed by atoms with Crippen molar-refractivity contribution in [2.45, 2.75) is 58.9 Å². The Bertz CT molecular complexity index is 389. The number of nitrogens with zero attached hydrogens (tertiary/aromatic N) is 2. The van der Waals surface area contributed by atoms with Crippen LogP contribution in [0.1, 0.15) is 63.8 Å². The quantitative estimate of drug-likeness (QED) is 0.853. The molecule has 0 spiro atoms. The van der Waals surface area contributed by atoms with Crippen LogP contribution in [-0.2, 0) is 6.54 Å². The van der Waals surface area contributed by atoms with Crippen LogP contribution in [0, 0.1) is 5.41 Å². The normalized spacial score (nSPS) is 18.1. The second kappa shape index (κ2) is 4.45. The van der Waals surface area contributed by atoms with E-state index < -0.39 is 0 Å². The van der Waals surface area contributed by atoms with Crippen LogP contribution in [0.5, 0.6) is 0 Å². The monoisotopic (exact) mass is 236 g/mol. The Labute approximate surface area is 104 Å². The number of imidazole rings is 1.